The van der Waals surface area contributed by atoms with Gasteiger partial charge in [0.2, 0.25) is 0 Å². The number of hydrogen-bond donors (Lipinski definition) is 2. The zero-order valence-corrected chi connectivity index (χ0v) is 22.3. The molecular formula is C30H23N3O9. The summed E-state index contributed by atoms with van der Waals surface area (Å²) >= 11 is 0. The van der Waals surface area contributed by atoms with Crippen molar-refractivity contribution in [3.63, 3.8) is 0 Å². The van der Waals surface area contributed by atoms with Crippen LogP contribution in [0.25, 0.3) is 0 Å². The van der Waals surface area contributed by atoms with Crippen molar-refractivity contribution < 1.29 is 38.3 Å². The van der Waals surface area contributed by atoms with Gasteiger partial charge in [0.05, 0.1) is 36.0 Å². The summed E-state index contributed by atoms with van der Waals surface area (Å²) in [6.07, 6.45) is 0. The number of carbonyl (C=O) groups excluding carboxylic acids is 4. The zero-order chi connectivity index (χ0) is 30.2. The SMILES string of the molecule is COC(=O)c1ccc(Oc2ccc(NC(=O)c3ccccc3)cc2NC(=O)c2cccc([N+](=O)[O-])c2)cc1C(=O)OC. The highest BCUT2D eigenvalue weighted by Gasteiger charge is 2.21. The molecule has 0 saturated heterocycles. The third kappa shape index (κ3) is 6.74. The van der Waals surface area contributed by atoms with E-state index in [0.29, 0.717) is 11.3 Å². The molecular weight excluding hydrogens is 546 g/mol. The molecule has 0 aliphatic rings. The van der Waals surface area contributed by atoms with E-state index in [0.717, 1.165) is 13.2 Å². The van der Waals surface area contributed by atoms with Crippen LogP contribution in [0.5, 0.6) is 11.5 Å². The fourth-order valence-corrected chi connectivity index (χ4v) is 3.82. The Bertz CT molecular complexity index is 1690. The molecule has 4 rings (SSSR count). The lowest BCUT2D eigenvalue weighted by Gasteiger charge is -2.16. The van der Waals surface area contributed by atoms with Crippen molar-refractivity contribution in [1.29, 1.82) is 0 Å². The number of nitro benzene ring substituents is 1. The van der Waals surface area contributed by atoms with Crippen molar-refractivity contribution in [3.8, 4) is 11.5 Å². The Morgan fingerprint density at radius 3 is 2.05 bits per heavy atom. The molecule has 0 bridgehead atoms. The van der Waals surface area contributed by atoms with Crippen LogP contribution in [-0.4, -0.2) is 42.9 Å². The van der Waals surface area contributed by atoms with Gasteiger partial charge >= 0.3 is 11.9 Å². The molecule has 12 nitrogen and oxygen atoms in total. The molecule has 0 saturated carbocycles. The lowest BCUT2D eigenvalue weighted by molar-refractivity contribution is -0.384. The Kier molecular flexibility index (Phi) is 8.88. The average Bonchev–Trinajstić information content (AvgIpc) is 3.01. The van der Waals surface area contributed by atoms with Gasteiger partial charge in [-0.2, -0.15) is 0 Å². The van der Waals surface area contributed by atoms with Crippen LogP contribution in [0.1, 0.15) is 41.4 Å². The lowest BCUT2D eigenvalue weighted by Crippen LogP contribution is -2.15. The molecule has 0 heterocycles. The number of nitrogens with zero attached hydrogens (tertiary/aromatic N) is 1. The normalized spacial score (nSPS) is 10.2. The van der Waals surface area contributed by atoms with Gasteiger partial charge < -0.3 is 24.8 Å². The summed E-state index contributed by atoms with van der Waals surface area (Å²) in [7, 11) is 2.32. The molecule has 2 N–H and O–H groups in total. The average molecular weight is 570 g/mol. The molecule has 42 heavy (non-hydrogen) atoms. The van der Waals surface area contributed by atoms with E-state index in [2.05, 4.69) is 10.6 Å². The highest BCUT2D eigenvalue weighted by atomic mass is 16.6. The standard InChI is InChI=1S/C30H23N3O9/c1-40-29(36)23-13-12-22(17-24(23)30(37)41-2)42-26-14-11-20(31-27(34)18-7-4-3-5-8-18)16-25(26)32-28(35)19-9-6-10-21(15-19)33(38)39/h3-17H,1-2H3,(H,31,34)(H,32,35). The quantitative estimate of drug-likeness (QED) is 0.151. The van der Waals surface area contributed by atoms with Gasteiger partial charge in [0.25, 0.3) is 17.5 Å². The van der Waals surface area contributed by atoms with Crippen LogP contribution in [0.3, 0.4) is 0 Å². The molecule has 2 amide bonds. The summed E-state index contributed by atoms with van der Waals surface area (Å²) in [5.74, 6) is -2.46. The lowest BCUT2D eigenvalue weighted by atomic mass is 10.1. The van der Waals surface area contributed by atoms with Gasteiger partial charge in [-0.3, -0.25) is 19.7 Å². The van der Waals surface area contributed by atoms with Crippen LogP contribution >= 0.6 is 0 Å². The minimum atomic E-state index is -0.806. The minimum absolute atomic E-state index is 0.00397. The molecule has 12 heteroatoms. The van der Waals surface area contributed by atoms with E-state index in [1.165, 1.54) is 61.7 Å². The molecule has 4 aromatic rings. The van der Waals surface area contributed by atoms with Gasteiger partial charge in [-0.25, -0.2) is 9.59 Å². The number of rotatable bonds is 9. The Labute approximate surface area is 239 Å². The molecule has 0 atom stereocenters. The Morgan fingerprint density at radius 2 is 1.36 bits per heavy atom. The summed E-state index contributed by atoms with van der Waals surface area (Å²) in [4.78, 5) is 60.8. The molecule has 0 aliphatic heterocycles. The number of anilines is 2. The Balaban J connectivity index is 1.70. The third-order valence-electron chi connectivity index (χ3n) is 5.87. The van der Waals surface area contributed by atoms with Gasteiger partial charge in [-0.1, -0.05) is 24.3 Å². The number of carbonyl (C=O) groups is 4. The second-order valence-electron chi connectivity index (χ2n) is 8.59. The fraction of sp³-hybridized carbons (Fsp3) is 0.0667. The molecule has 0 spiro atoms. The number of non-ortho nitro benzene ring substituents is 1. The molecule has 4 aromatic carbocycles. The van der Waals surface area contributed by atoms with Crippen LogP contribution in [-0.2, 0) is 9.47 Å². The van der Waals surface area contributed by atoms with Crippen LogP contribution in [0, 0.1) is 10.1 Å². The molecule has 0 unspecified atom stereocenters. The molecule has 0 fully saturated rings. The number of esters is 2. The first-order valence-corrected chi connectivity index (χ1v) is 12.2. The number of hydrogen-bond acceptors (Lipinski definition) is 9. The first-order valence-electron chi connectivity index (χ1n) is 12.2. The third-order valence-corrected chi connectivity index (χ3v) is 5.87. The van der Waals surface area contributed by atoms with Crippen molar-refractivity contribution in [2.45, 2.75) is 0 Å². The second kappa shape index (κ2) is 12.9. The number of benzene rings is 4. The van der Waals surface area contributed by atoms with E-state index < -0.39 is 28.7 Å². The van der Waals surface area contributed by atoms with E-state index in [-0.39, 0.29) is 39.6 Å². The van der Waals surface area contributed by atoms with E-state index in [1.807, 2.05) is 0 Å². The van der Waals surface area contributed by atoms with Gasteiger partial charge in [-0.05, 0) is 54.6 Å². The fourth-order valence-electron chi connectivity index (χ4n) is 3.82. The maximum Gasteiger partial charge on any atom is 0.338 e. The smallest absolute Gasteiger partial charge is 0.338 e. The highest BCUT2D eigenvalue weighted by molar-refractivity contribution is 6.07. The predicted molar refractivity (Wildman–Crippen MR) is 151 cm³/mol. The zero-order valence-electron chi connectivity index (χ0n) is 22.3. The second-order valence-corrected chi connectivity index (χ2v) is 8.59. The topological polar surface area (TPSA) is 163 Å². The number of nitrogens with one attached hydrogen (secondary N) is 2. The number of nitro groups is 1. The summed E-state index contributed by atoms with van der Waals surface area (Å²) < 4.78 is 15.5. The van der Waals surface area contributed by atoms with Crippen molar-refractivity contribution in [1.82, 2.24) is 0 Å². The van der Waals surface area contributed by atoms with Crippen molar-refractivity contribution in [2.75, 3.05) is 24.9 Å². The Morgan fingerprint density at radius 1 is 0.690 bits per heavy atom. The molecule has 212 valence electrons. The summed E-state index contributed by atoms with van der Waals surface area (Å²) in [6, 6.07) is 22.1. The van der Waals surface area contributed by atoms with Crippen LogP contribution in [0.4, 0.5) is 17.1 Å². The largest absolute Gasteiger partial charge is 0.465 e. The van der Waals surface area contributed by atoms with Crippen molar-refractivity contribution in [2.24, 2.45) is 0 Å². The number of amides is 2. The van der Waals surface area contributed by atoms with Crippen molar-refractivity contribution in [3.05, 3.63) is 123 Å². The Hall–Kier alpha value is -6.04. The predicted octanol–water partition coefficient (Wildman–Crippen LogP) is 5.46. The van der Waals surface area contributed by atoms with E-state index in [1.54, 1.807) is 30.3 Å². The maximum absolute atomic E-state index is 13.1. The van der Waals surface area contributed by atoms with Gasteiger partial charge in [0.1, 0.15) is 5.75 Å². The first kappa shape index (κ1) is 29.0. The van der Waals surface area contributed by atoms with Gasteiger partial charge in [0, 0.05) is 28.9 Å². The van der Waals surface area contributed by atoms with Gasteiger partial charge in [0.15, 0.2) is 5.75 Å². The molecule has 0 aromatic heterocycles. The summed E-state index contributed by atoms with van der Waals surface area (Å²) in [6.45, 7) is 0. The maximum atomic E-state index is 13.1. The summed E-state index contributed by atoms with van der Waals surface area (Å²) in [5.41, 5.74) is 0.371. The first-order chi connectivity index (χ1) is 20.2. The molecule has 0 radical (unpaired) electrons. The van der Waals surface area contributed by atoms with Crippen molar-refractivity contribution >= 4 is 40.8 Å². The number of methoxy groups -OCH3 is 2. The monoisotopic (exact) mass is 569 g/mol. The van der Waals surface area contributed by atoms with Gasteiger partial charge in [-0.15, -0.1) is 0 Å². The van der Waals surface area contributed by atoms with E-state index in [9.17, 15) is 29.3 Å². The van der Waals surface area contributed by atoms with Crippen LogP contribution in [0.2, 0.25) is 0 Å². The summed E-state index contributed by atoms with van der Waals surface area (Å²) in [5, 5.41) is 16.6. The number of ether oxygens (including phenoxy) is 3. The molecule has 0 aliphatic carbocycles. The van der Waals surface area contributed by atoms with Crippen LogP contribution < -0.4 is 15.4 Å². The van der Waals surface area contributed by atoms with E-state index in [4.69, 9.17) is 14.2 Å². The minimum Gasteiger partial charge on any atom is -0.465 e. The highest BCUT2D eigenvalue weighted by Crippen LogP contribution is 2.34. The van der Waals surface area contributed by atoms with Crippen LogP contribution in [0.15, 0.2) is 91.0 Å². The van der Waals surface area contributed by atoms with E-state index >= 15 is 0 Å².